The summed E-state index contributed by atoms with van der Waals surface area (Å²) in [7, 11) is 0. The molecule has 0 N–H and O–H groups in total. The van der Waals surface area contributed by atoms with E-state index in [0.717, 1.165) is 5.02 Å². The summed E-state index contributed by atoms with van der Waals surface area (Å²) in [5.41, 5.74) is 0. The molecular formula is C6H4ClRh-. The predicted octanol–water partition coefficient (Wildman–Crippen LogP) is 2.14. The van der Waals surface area contributed by atoms with E-state index in [1.165, 1.54) is 0 Å². The molecule has 1 aromatic carbocycles. The van der Waals surface area contributed by atoms with Crippen molar-refractivity contribution in [1.82, 2.24) is 0 Å². The molecule has 0 unspecified atom stereocenters. The Labute approximate surface area is 66.6 Å². The van der Waals surface area contributed by atoms with Crippen molar-refractivity contribution in [3.8, 4) is 0 Å². The Kier molecular flexibility index (Phi) is 4.12. The topological polar surface area (TPSA) is 0 Å². The van der Waals surface area contributed by atoms with E-state index in [2.05, 4.69) is 6.07 Å². The molecule has 0 amide bonds. The fraction of sp³-hybridized carbons (Fsp3) is 0. The third-order valence-corrected chi connectivity index (χ3v) is 0.904. The minimum absolute atomic E-state index is 0. The third kappa shape index (κ3) is 2.44. The van der Waals surface area contributed by atoms with Gasteiger partial charge in [0.25, 0.3) is 0 Å². The quantitative estimate of drug-likeness (QED) is 0.458. The summed E-state index contributed by atoms with van der Waals surface area (Å²) in [4.78, 5) is 0. The first-order valence-electron chi connectivity index (χ1n) is 2.01. The summed E-state index contributed by atoms with van der Waals surface area (Å²) >= 11 is 5.51. The smallest absolute Gasteiger partial charge is 0 e. The van der Waals surface area contributed by atoms with Crippen molar-refractivity contribution in [3.63, 3.8) is 0 Å². The van der Waals surface area contributed by atoms with Crippen LogP contribution in [0.5, 0.6) is 0 Å². The van der Waals surface area contributed by atoms with Crippen LogP contribution in [0, 0.1) is 6.07 Å². The molecule has 0 bridgehead atoms. The zero-order valence-electron chi connectivity index (χ0n) is 4.02. The second-order valence-corrected chi connectivity index (χ2v) is 1.66. The van der Waals surface area contributed by atoms with E-state index in [9.17, 15) is 0 Å². The van der Waals surface area contributed by atoms with E-state index in [0.29, 0.717) is 0 Å². The van der Waals surface area contributed by atoms with Crippen molar-refractivity contribution in [2.75, 3.05) is 0 Å². The zero-order valence-corrected chi connectivity index (χ0v) is 6.42. The number of rotatable bonds is 0. The Morgan fingerprint density at radius 1 is 1.50 bits per heavy atom. The van der Waals surface area contributed by atoms with Gasteiger partial charge in [-0.1, -0.05) is 5.02 Å². The minimum Gasteiger partial charge on any atom is -0.182 e. The summed E-state index contributed by atoms with van der Waals surface area (Å²) in [6, 6.07) is 10.0. The Hall–Kier alpha value is 0.133. The van der Waals surface area contributed by atoms with E-state index >= 15 is 0 Å². The van der Waals surface area contributed by atoms with Crippen LogP contribution in [0.2, 0.25) is 5.02 Å². The fourth-order valence-corrected chi connectivity index (χ4v) is 0.507. The van der Waals surface area contributed by atoms with E-state index in [4.69, 9.17) is 11.6 Å². The van der Waals surface area contributed by atoms with Gasteiger partial charge in [0.05, 0.1) is 0 Å². The Morgan fingerprint density at radius 2 is 2.25 bits per heavy atom. The van der Waals surface area contributed by atoms with E-state index in [1.807, 2.05) is 18.2 Å². The summed E-state index contributed by atoms with van der Waals surface area (Å²) in [6.07, 6.45) is 0. The largest absolute Gasteiger partial charge is 0.182 e. The molecule has 0 aliphatic carbocycles. The van der Waals surface area contributed by atoms with Gasteiger partial charge < -0.3 is 0 Å². The van der Waals surface area contributed by atoms with Crippen LogP contribution >= 0.6 is 11.6 Å². The van der Waals surface area contributed by atoms with Crippen LogP contribution in [0.15, 0.2) is 24.3 Å². The molecule has 0 aliphatic heterocycles. The van der Waals surface area contributed by atoms with E-state index in [1.54, 1.807) is 6.07 Å². The number of halogens is 1. The average molecular weight is 214 g/mol. The van der Waals surface area contributed by atoms with E-state index < -0.39 is 0 Å². The van der Waals surface area contributed by atoms with Crippen LogP contribution in [-0.2, 0) is 19.5 Å². The normalized spacial score (nSPS) is 7.62. The molecule has 0 heterocycles. The molecule has 1 radical (unpaired) electrons. The van der Waals surface area contributed by atoms with Crippen molar-refractivity contribution in [2.24, 2.45) is 0 Å². The van der Waals surface area contributed by atoms with Gasteiger partial charge in [-0.3, -0.25) is 0 Å². The minimum atomic E-state index is 0. The first kappa shape index (κ1) is 8.13. The molecule has 8 heavy (non-hydrogen) atoms. The standard InChI is InChI=1S/C6H4Cl.Rh/c7-6-4-2-1-3-5-6;/h1-2,4-5H;/q-1;. The van der Waals surface area contributed by atoms with E-state index in [-0.39, 0.29) is 19.5 Å². The van der Waals surface area contributed by atoms with Crippen LogP contribution in [0.3, 0.4) is 0 Å². The second-order valence-electron chi connectivity index (χ2n) is 1.22. The zero-order chi connectivity index (χ0) is 5.11. The predicted molar refractivity (Wildman–Crippen MR) is 30.3 cm³/mol. The summed E-state index contributed by atoms with van der Waals surface area (Å²) in [5.74, 6) is 0. The molecule has 0 spiro atoms. The maximum absolute atomic E-state index is 5.51. The SMILES string of the molecule is Clc1c[c-]ccc1.[Rh]. The van der Waals surface area contributed by atoms with Crippen molar-refractivity contribution in [1.29, 1.82) is 0 Å². The van der Waals surface area contributed by atoms with Gasteiger partial charge in [-0.05, 0) is 0 Å². The summed E-state index contributed by atoms with van der Waals surface area (Å²) < 4.78 is 0. The fourth-order valence-electron chi connectivity index (χ4n) is 0.371. The molecule has 0 saturated carbocycles. The summed E-state index contributed by atoms with van der Waals surface area (Å²) in [5, 5.41) is 0.738. The van der Waals surface area contributed by atoms with Gasteiger partial charge in [0.2, 0.25) is 0 Å². The monoisotopic (exact) mass is 214 g/mol. The number of hydrogen-bond donors (Lipinski definition) is 0. The molecule has 0 fully saturated rings. The molecule has 1 aromatic rings. The van der Waals surface area contributed by atoms with Crippen LogP contribution in [-0.4, -0.2) is 0 Å². The van der Waals surface area contributed by atoms with Crippen LogP contribution in [0.4, 0.5) is 0 Å². The second kappa shape index (κ2) is 4.06. The average Bonchev–Trinajstić information content (AvgIpc) is 1.69. The molecule has 0 aromatic heterocycles. The van der Waals surface area contributed by atoms with Crippen molar-refractivity contribution >= 4 is 11.6 Å². The van der Waals surface area contributed by atoms with Gasteiger partial charge in [0, 0.05) is 19.5 Å². The Morgan fingerprint density at radius 3 is 2.50 bits per heavy atom. The molecule has 1 rings (SSSR count). The van der Waals surface area contributed by atoms with Crippen LogP contribution in [0.25, 0.3) is 0 Å². The van der Waals surface area contributed by atoms with Gasteiger partial charge in [-0.2, -0.15) is 41.9 Å². The number of benzene rings is 1. The van der Waals surface area contributed by atoms with Gasteiger partial charge in [0.15, 0.2) is 0 Å². The van der Waals surface area contributed by atoms with Crippen molar-refractivity contribution in [2.45, 2.75) is 0 Å². The molecule has 45 valence electrons. The van der Waals surface area contributed by atoms with Gasteiger partial charge >= 0.3 is 0 Å². The van der Waals surface area contributed by atoms with Crippen LogP contribution in [0.1, 0.15) is 0 Å². The molecule has 0 atom stereocenters. The van der Waals surface area contributed by atoms with Gasteiger partial charge in [-0.25, -0.2) is 0 Å². The van der Waals surface area contributed by atoms with Gasteiger partial charge in [-0.15, -0.1) is 0 Å². The maximum atomic E-state index is 5.51. The third-order valence-electron chi connectivity index (χ3n) is 0.669. The molecular weight excluding hydrogens is 210 g/mol. The van der Waals surface area contributed by atoms with Crippen molar-refractivity contribution < 1.29 is 19.5 Å². The Bertz CT molecular complexity index is 138. The molecule has 0 nitrogen and oxygen atoms in total. The van der Waals surface area contributed by atoms with Gasteiger partial charge in [0.1, 0.15) is 0 Å². The number of hydrogen-bond acceptors (Lipinski definition) is 0. The van der Waals surface area contributed by atoms with Crippen molar-refractivity contribution in [3.05, 3.63) is 35.4 Å². The first-order valence-corrected chi connectivity index (χ1v) is 2.39. The summed E-state index contributed by atoms with van der Waals surface area (Å²) in [6.45, 7) is 0. The van der Waals surface area contributed by atoms with Crippen LogP contribution < -0.4 is 0 Å². The molecule has 0 saturated heterocycles. The molecule has 0 aliphatic rings. The first-order chi connectivity index (χ1) is 3.39. The Balaban J connectivity index is 0.000000490. The maximum Gasteiger partial charge on any atom is 0 e. The molecule has 2 heteroatoms.